The van der Waals surface area contributed by atoms with E-state index in [1.165, 1.54) is 24.3 Å². The number of halogens is 2. The molecule has 0 N–H and O–H groups in total. The molecule has 1 heterocycles. The normalized spacial score (nSPS) is 11.5. The van der Waals surface area contributed by atoms with Crippen molar-refractivity contribution < 1.29 is 8.78 Å². The molecule has 2 radical (unpaired) electrons. The van der Waals surface area contributed by atoms with Crippen molar-refractivity contribution in [1.82, 2.24) is 9.55 Å². The Labute approximate surface area is 159 Å². The average Bonchev–Trinajstić information content (AvgIpc) is 3.22. The first-order valence-electron chi connectivity index (χ1n) is 8.52. The highest BCUT2D eigenvalue weighted by molar-refractivity contribution is 6.57. The van der Waals surface area contributed by atoms with Crippen molar-refractivity contribution in [1.29, 1.82) is 0 Å². The lowest BCUT2D eigenvalue weighted by Crippen LogP contribution is -2.46. The Morgan fingerprint density at radius 3 is 1.93 bits per heavy atom. The molecule has 0 bridgehead atoms. The van der Waals surface area contributed by atoms with Crippen molar-refractivity contribution in [2.75, 3.05) is 0 Å². The van der Waals surface area contributed by atoms with Crippen LogP contribution in [0.1, 0.15) is 11.1 Å². The minimum Gasteiger partial charge on any atom is -0.326 e. The molecule has 0 aliphatic carbocycles. The smallest absolute Gasteiger partial charge is 0.127 e. The van der Waals surface area contributed by atoms with Crippen LogP contribution in [0.5, 0.6) is 0 Å². The van der Waals surface area contributed by atoms with Gasteiger partial charge in [-0.3, -0.25) is 0 Å². The molecule has 5 heteroatoms. The van der Waals surface area contributed by atoms with Gasteiger partial charge in [0.15, 0.2) is 0 Å². The van der Waals surface area contributed by atoms with Crippen molar-refractivity contribution in [2.45, 2.75) is 5.16 Å². The van der Waals surface area contributed by atoms with Gasteiger partial charge < -0.3 is 4.57 Å². The van der Waals surface area contributed by atoms with Gasteiger partial charge in [-0.2, -0.15) is 0 Å². The summed E-state index contributed by atoms with van der Waals surface area (Å²) in [5.74, 6) is -0.655. The van der Waals surface area contributed by atoms with E-state index in [9.17, 15) is 8.78 Å². The van der Waals surface area contributed by atoms with Crippen LogP contribution in [0, 0.1) is 11.6 Å². The van der Waals surface area contributed by atoms with Crippen LogP contribution in [0.3, 0.4) is 0 Å². The molecule has 0 aliphatic heterocycles. The highest BCUT2D eigenvalue weighted by atomic mass is 28.2. The van der Waals surface area contributed by atoms with Gasteiger partial charge in [-0.25, -0.2) is 13.8 Å². The number of aromatic nitrogens is 2. The van der Waals surface area contributed by atoms with Gasteiger partial charge in [-0.05, 0) is 35.4 Å². The summed E-state index contributed by atoms with van der Waals surface area (Å²) < 4.78 is 30.3. The summed E-state index contributed by atoms with van der Waals surface area (Å²) in [7, 11) is 0.197. The molecule has 4 aromatic rings. The van der Waals surface area contributed by atoms with Gasteiger partial charge in [0.25, 0.3) is 0 Å². The van der Waals surface area contributed by atoms with Crippen molar-refractivity contribution >= 4 is 14.7 Å². The summed E-state index contributed by atoms with van der Waals surface area (Å²) >= 11 is 0. The quantitative estimate of drug-likeness (QED) is 0.484. The zero-order valence-electron chi connectivity index (χ0n) is 14.4. The van der Waals surface area contributed by atoms with Crippen LogP contribution in [0.15, 0.2) is 97.6 Å². The van der Waals surface area contributed by atoms with E-state index in [-0.39, 0.29) is 21.2 Å². The first-order chi connectivity index (χ1) is 13.2. The molecule has 4 rings (SSSR count). The first-order valence-corrected chi connectivity index (χ1v) is 9.52. The van der Waals surface area contributed by atoms with Crippen LogP contribution in [0.4, 0.5) is 8.78 Å². The lowest BCUT2D eigenvalue weighted by atomic mass is 9.97. The van der Waals surface area contributed by atoms with Crippen molar-refractivity contribution in [2.24, 2.45) is 0 Å². The largest absolute Gasteiger partial charge is 0.326 e. The molecular weight excluding hydrogens is 358 g/mol. The molecule has 0 atom stereocenters. The van der Waals surface area contributed by atoms with Crippen molar-refractivity contribution in [3.8, 4) is 0 Å². The van der Waals surface area contributed by atoms with Gasteiger partial charge in [0.1, 0.15) is 21.2 Å². The Bertz CT molecular complexity index is 988. The summed E-state index contributed by atoms with van der Waals surface area (Å²) in [6.07, 6.45) is 5.22. The molecule has 0 unspecified atom stereocenters. The predicted molar refractivity (Wildman–Crippen MR) is 103 cm³/mol. The van der Waals surface area contributed by atoms with E-state index in [1.807, 2.05) is 53.2 Å². The lowest BCUT2D eigenvalue weighted by Gasteiger charge is -2.36. The van der Waals surface area contributed by atoms with Crippen LogP contribution in [0.25, 0.3) is 0 Å². The highest BCUT2D eigenvalue weighted by Crippen LogP contribution is 2.34. The number of nitrogens with zero attached hydrogens (tertiary/aromatic N) is 2. The maximum atomic E-state index is 14.2. The summed E-state index contributed by atoms with van der Waals surface area (Å²) in [4.78, 5) is 4.21. The van der Waals surface area contributed by atoms with E-state index >= 15 is 0 Å². The Morgan fingerprint density at radius 1 is 0.778 bits per heavy atom. The number of hydrogen-bond donors (Lipinski definition) is 0. The number of rotatable bonds is 5. The van der Waals surface area contributed by atoms with Gasteiger partial charge in [-0.1, -0.05) is 59.8 Å². The standard InChI is InChI=1S/C22H16F2N2Si/c23-19-8-4-6-17(14-19)22(26-13-12-25-16-26,18-7-5-9-20(24)15-18)27-21-10-2-1-3-11-21/h1-16H. The molecule has 27 heavy (non-hydrogen) atoms. The Kier molecular flexibility index (Phi) is 4.69. The maximum Gasteiger partial charge on any atom is 0.127 e. The summed E-state index contributed by atoms with van der Waals surface area (Å²) in [6.45, 7) is 0. The number of imidazole rings is 1. The Balaban J connectivity index is 2.02. The molecule has 0 saturated carbocycles. The van der Waals surface area contributed by atoms with E-state index < -0.39 is 5.16 Å². The fourth-order valence-corrected chi connectivity index (χ4v) is 4.93. The molecule has 1 aromatic heterocycles. The van der Waals surface area contributed by atoms with E-state index in [0.717, 1.165) is 16.3 Å². The lowest BCUT2D eigenvalue weighted by molar-refractivity contribution is 0.570. The molecule has 3 aromatic carbocycles. The van der Waals surface area contributed by atoms with Crippen LogP contribution >= 0.6 is 0 Å². The third-order valence-electron chi connectivity index (χ3n) is 4.48. The summed E-state index contributed by atoms with van der Waals surface area (Å²) in [5.41, 5.74) is 1.49. The summed E-state index contributed by atoms with van der Waals surface area (Å²) in [5, 5.41) is 0.280. The van der Waals surface area contributed by atoms with Crippen LogP contribution in [0.2, 0.25) is 0 Å². The van der Waals surface area contributed by atoms with Gasteiger partial charge in [0, 0.05) is 12.4 Å². The topological polar surface area (TPSA) is 17.8 Å². The minimum absolute atomic E-state index is 0.197. The van der Waals surface area contributed by atoms with Gasteiger partial charge in [0.05, 0.1) is 11.5 Å². The Morgan fingerprint density at radius 2 is 1.41 bits per heavy atom. The first kappa shape index (κ1) is 17.4. The third kappa shape index (κ3) is 3.33. The number of hydrogen-bond acceptors (Lipinski definition) is 1. The zero-order chi connectivity index (χ0) is 18.7. The highest BCUT2D eigenvalue weighted by Gasteiger charge is 2.37. The molecule has 0 spiro atoms. The van der Waals surface area contributed by atoms with E-state index in [1.54, 1.807) is 24.7 Å². The maximum absolute atomic E-state index is 14.2. The second-order valence-corrected chi connectivity index (χ2v) is 7.74. The molecule has 0 aliphatic rings. The SMILES string of the molecule is Fc1cccc(C([Si]c2ccccc2)(c2cccc(F)c2)n2ccnc2)c1. The monoisotopic (exact) mass is 374 g/mol. The molecular formula is C22H16F2N2Si. The fourth-order valence-electron chi connectivity index (χ4n) is 3.29. The van der Waals surface area contributed by atoms with Crippen molar-refractivity contribution in [3.05, 3.63) is 120 Å². The van der Waals surface area contributed by atoms with E-state index in [2.05, 4.69) is 4.98 Å². The zero-order valence-corrected chi connectivity index (χ0v) is 15.4. The van der Waals surface area contributed by atoms with E-state index in [4.69, 9.17) is 0 Å². The Hall–Kier alpha value is -3.05. The second kappa shape index (κ2) is 7.29. The molecule has 2 nitrogen and oxygen atoms in total. The predicted octanol–water partition coefficient (Wildman–Crippen LogP) is 3.94. The van der Waals surface area contributed by atoms with Crippen LogP contribution in [-0.2, 0) is 5.16 Å². The van der Waals surface area contributed by atoms with Gasteiger partial charge in [0.2, 0.25) is 0 Å². The van der Waals surface area contributed by atoms with Gasteiger partial charge >= 0.3 is 0 Å². The molecule has 0 fully saturated rings. The van der Waals surface area contributed by atoms with Gasteiger partial charge in [-0.15, -0.1) is 0 Å². The molecule has 132 valence electrons. The number of benzene rings is 3. The fraction of sp³-hybridized carbons (Fsp3) is 0.0455. The minimum atomic E-state index is -0.804. The van der Waals surface area contributed by atoms with E-state index in [0.29, 0.717) is 0 Å². The summed E-state index contributed by atoms with van der Waals surface area (Å²) in [6, 6.07) is 22.9. The molecule has 0 saturated heterocycles. The average molecular weight is 374 g/mol. The van der Waals surface area contributed by atoms with Crippen molar-refractivity contribution in [3.63, 3.8) is 0 Å². The second-order valence-electron chi connectivity index (χ2n) is 6.19. The van der Waals surface area contributed by atoms with Crippen LogP contribution in [-0.4, -0.2) is 19.1 Å². The van der Waals surface area contributed by atoms with Crippen LogP contribution < -0.4 is 5.19 Å². The third-order valence-corrected chi connectivity index (χ3v) is 6.29. The molecule has 0 amide bonds.